The average molecular weight is 474 g/mol. The Bertz CT molecular complexity index is 1050. The van der Waals surface area contributed by atoms with Gasteiger partial charge < -0.3 is 9.47 Å². The molecule has 0 amide bonds. The number of benzene rings is 2. The molecule has 7 nitrogen and oxygen atoms in total. The molecule has 0 unspecified atom stereocenters. The second-order valence-corrected chi connectivity index (χ2v) is 9.44. The molecule has 6 rings (SSSR count). The minimum absolute atomic E-state index is 0.138. The molecule has 4 heterocycles. The van der Waals surface area contributed by atoms with Crippen LogP contribution in [-0.2, 0) is 0 Å². The molecule has 0 radical (unpaired) electrons. The molecular weight excluding hydrogens is 449 g/mol. The molecule has 0 aliphatic carbocycles. The van der Waals surface area contributed by atoms with Gasteiger partial charge in [-0.2, -0.15) is 10.2 Å². The van der Waals surface area contributed by atoms with Gasteiger partial charge in [0.05, 0.1) is 61.6 Å². The fraction of sp³-hybridized carbons (Fsp3) is 0.391. The van der Waals surface area contributed by atoms with Gasteiger partial charge >= 0.3 is 0 Å². The molecular formula is C23H25Cl2N5O2. The fourth-order valence-corrected chi connectivity index (χ4v) is 5.44. The van der Waals surface area contributed by atoms with Crippen LogP contribution in [0.25, 0.3) is 0 Å². The van der Waals surface area contributed by atoms with Crippen molar-refractivity contribution in [2.45, 2.75) is 0 Å². The molecule has 4 bridgehead atoms. The first-order chi connectivity index (χ1) is 15.5. The van der Waals surface area contributed by atoms with Gasteiger partial charge in [-0.1, -0.05) is 29.3 Å². The first-order valence-electron chi connectivity index (χ1n) is 10.5. The summed E-state index contributed by atoms with van der Waals surface area (Å²) in [5.74, 6) is 1.33. The molecule has 0 spiro atoms. The Balaban J connectivity index is 1.52. The van der Waals surface area contributed by atoms with Crippen molar-refractivity contribution in [2.24, 2.45) is 15.6 Å². The van der Waals surface area contributed by atoms with Crippen molar-refractivity contribution >= 4 is 35.1 Å². The summed E-state index contributed by atoms with van der Waals surface area (Å²) in [5.41, 5.74) is 2.63. The average Bonchev–Trinajstić information content (AvgIpc) is 2.77. The SMILES string of the molecule is COc1ccc(C=NN=C(c2ccc(Cl)c(Cl)c2)C23CN4CN(CN(C4)C2)C3)cc1OC. The molecule has 4 fully saturated rings. The minimum Gasteiger partial charge on any atom is -0.493 e. The van der Waals surface area contributed by atoms with Gasteiger partial charge in [0.25, 0.3) is 0 Å². The molecule has 0 aromatic heterocycles. The van der Waals surface area contributed by atoms with Gasteiger partial charge in [0.15, 0.2) is 11.5 Å². The predicted octanol–water partition coefficient (Wildman–Crippen LogP) is 3.64. The summed E-state index contributed by atoms with van der Waals surface area (Å²) in [7, 11) is 3.24. The van der Waals surface area contributed by atoms with Gasteiger partial charge in [-0.05, 0) is 35.9 Å². The Morgan fingerprint density at radius 1 is 0.875 bits per heavy atom. The van der Waals surface area contributed by atoms with Gasteiger partial charge in [0.1, 0.15) is 0 Å². The Hall–Kier alpha value is -2.16. The van der Waals surface area contributed by atoms with Crippen LogP contribution in [0.15, 0.2) is 46.6 Å². The van der Waals surface area contributed by atoms with E-state index in [-0.39, 0.29) is 5.41 Å². The maximum absolute atomic E-state index is 6.38. The number of rotatable bonds is 6. The van der Waals surface area contributed by atoms with Gasteiger partial charge in [0.2, 0.25) is 0 Å². The number of hydrogen-bond donors (Lipinski definition) is 0. The summed E-state index contributed by atoms with van der Waals surface area (Å²) in [5, 5.41) is 10.3. The maximum Gasteiger partial charge on any atom is 0.161 e. The molecule has 168 valence electrons. The van der Waals surface area contributed by atoms with Crippen LogP contribution in [0.4, 0.5) is 0 Å². The van der Waals surface area contributed by atoms with Gasteiger partial charge in [-0.3, -0.25) is 14.7 Å². The molecule has 4 saturated heterocycles. The summed E-state index contributed by atoms with van der Waals surface area (Å²) in [6.45, 7) is 5.85. The van der Waals surface area contributed by atoms with Crippen LogP contribution in [0.2, 0.25) is 10.0 Å². The molecule has 9 heteroatoms. The molecule has 32 heavy (non-hydrogen) atoms. The Morgan fingerprint density at radius 3 is 2.12 bits per heavy atom. The fourth-order valence-electron chi connectivity index (χ4n) is 5.14. The summed E-state index contributed by atoms with van der Waals surface area (Å²) < 4.78 is 10.7. The van der Waals surface area contributed by atoms with E-state index in [0.717, 1.165) is 56.5 Å². The largest absolute Gasteiger partial charge is 0.493 e. The predicted molar refractivity (Wildman–Crippen MR) is 127 cm³/mol. The minimum atomic E-state index is -0.138. The van der Waals surface area contributed by atoms with Crippen LogP contribution >= 0.6 is 23.2 Å². The van der Waals surface area contributed by atoms with E-state index in [4.69, 9.17) is 37.8 Å². The third-order valence-corrected chi connectivity index (χ3v) is 6.99. The number of hydrogen-bond acceptors (Lipinski definition) is 7. The van der Waals surface area contributed by atoms with Crippen LogP contribution in [0, 0.1) is 5.41 Å². The highest BCUT2D eigenvalue weighted by molar-refractivity contribution is 6.42. The van der Waals surface area contributed by atoms with Crippen LogP contribution in [0.1, 0.15) is 11.1 Å². The third-order valence-electron chi connectivity index (χ3n) is 6.25. The number of halogens is 2. The van der Waals surface area contributed by atoms with E-state index in [2.05, 4.69) is 19.8 Å². The molecule has 4 aliphatic heterocycles. The maximum atomic E-state index is 6.38. The highest BCUT2D eigenvalue weighted by atomic mass is 35.5. The van der Waals surface area contributed by atoms with E-state index >= 15 is 0 Å². The Morgan fingerprint density at radius 2 is 1.53 bits per heavy atom. The van der Waals surface area contributed by atoms with Crippen molar-refractivity contribution in [3.63, 3.8) is 0 Å². The van der Waals surface area contributed by atoms with Gasteiger partial charge in [-0.15, -0.1) is 0 Å². The lowest BCUT2D eigenvalue weighted by atomic mass is 9.74. The zero-order chi connectivity index (χ0) is 22.3. The van der Waals surface area contributed by atoms with E-state index in [9.17, 15) is 0 Å². The highest BCUT2D eigenvalue weighted by Crippen LogP contribution is 2.39. The second kappa shape index (κ2) is 8.65. The normalized spacial score (nSPS) is 29.0. The quantitative estimate of drug-likeness (QED) is 0.473. The standard InChI is InChI=1S/C23H25Cl2N5O2/c1-31-20-6-3-16(7-21(20)32-2)9-26-27-22(17-4-5-18(24)19(25)8-17)23-10-28-13-29(11-23)15-30(12-23)14-28/h3-9H,10-15H2,1-2H3. The first kappa shape index (κ1) is 21.7. The Labute approximate surface area is 197 Å². The zero-order valence-corrected chi connectivity index (χ0v) is 19.6. The molecule has 2 aromatic carbocycles. The molecule has 0 atom stereocenters. The summed E-state index contributed by atoms with van der Waals surface area (Å²) in [4.78, 5) is 7.38. The van der Waals surface area contributed by atoms with Crippen molar-refractivity contribution in [1.82, 2.24) is 14.7 Å². The van der Waals surface area contributed by atoms with Crippen molar-refractivity contribution in [3.8, 4) is 11.5 Å². The number of ether oxygens (including phenoxy) is 2. The van der Waals surface area contributed by atoms with E-state index in [0.29, 0.717) is 21.5 Å². The monoisotopic (exact) mass is 473 g/mol. The van der Waals surface area contributed by atoms with E-state index in [1.807, 2.05) is 36.4 Å². The van der Waals surface area contributed by atoms with Crippen LogP contribution in [-0.4, -0.2) is 80.5 Å². The van der Waals surface area contributed by atoms with Gasteiger partial charge in [0, 0.05) is 25.2 Å². The topological polar surface area (TPSA) is 52.9 Å². The molecule has 0 N–H and O–H groups in total. The molecule has 0 saturated carbocycles. The zero-order valence-electron chi connectivity index (χ0n) is 18.1. The number of nitrogens with zero attached hydrogens (tertiary/aromatic N) is 5. The van der Waals surface area contributed by atoms with Crippen molar-refractivity contribution in [1.29, 1.82) is 0 Å². The van der Waals surface area contributed by atoms with E-state index in [1.165, 1.54) is 0 Å². The smallest absolute Gasteiger partial charge is 0.161 e. The van der Waals surface area contributed by atoms with Gasteiger partial charge in [-0.25, -0.2) is 0 Å². The second-order valence-electron chi connectivity index (χ2n) is 8.63. The summed E-state index contributed by atoms with van der Waals surface area (Å²) in [6.07, 6.45) is 1.74. The van der Waals surface area contributed by atoms with Crippen LogP contribution in [0.3, 0.4) is 0 Å². The van der Waals surface area contributed by atoms with Crippen LogP contribution < -0.4 is 9.47 Å². The van der Waals surface area contributed by atoms with Crippen molar-refractivity contribution in [3.05, 3.63) is 57.6 Å². The van der Waals surface area contributed by atoms with Crippen molar-refractivity contribution < 1.29 is 9.47 Å². The van der Waals surface area contributed by atoms with E-state index < -0.39 is 0 Å². The summed E-state index contributed by atoms with van der Waals surface area (Å²) in [6, 6.07) is 11.4. The lowest BCUT2D eigenvalue weighted by Gasteiger charge is -2.60. The van der Waals surface area contributed by atoms with E-state index in [1.54, 1.807) is 20.4 Å². The Kier molecular flexibility index (Phi) is 5.86. The first-order valence-corrected chi connectivity index (χ1v) is 11.2. The molecule has 4 aliphatic rings. The third kappa shape index (κ3) is 4.00. The summed E-state index contributed by atoms with van der Waals surface area (Å²) >= 11 is 12.6. The lowest BCUT2D eigenvalue weighted by Crippen LogP contribution is -2.74. The van der Waals surface area contributed by atoms with Crippen molar-refractivity contribution in [2.75, 3.05) is 53.9 Å². The molecule has 2 aromatic rings. The lowest BCUT2D eigenvalue weighted by molar-refractivity contribution is -0.149. The highest BCUT2D eigenvalue weighted by Gasteiger charge is 2.51. The number of methoxy groups -OCH3 is 2. The van der Waals surface area contributed by atoms with Crippen LogP contribution in [0.5, 0.6) is 11.5 Å².